The highest BCUT2D eigenvalue weighted by molar-refractivity contribution is 5.43. The summed E-state index contributed by atoms with van der Waals surface area (Å²) in [5, 5.41) is 9.54. The van der Waals surface area contributed by atoms with Gasteiger partial charge in [-0.25, -0.2) is 4.39 Å². The zero-order chi connectivity index (χ0) is 14.9. The summed E-state index contributed by atoms with van der Waals surface area (Å²) in [5.41, 5.74) is 3.10. The predicted octanol–water partition coefficient (Wildman–Crippen LogP) is 5.09. The van der Waals surface area contributed by atoms with Crippen molar-refractivity contribution in [2.24, 2.45) is 0 Å². The van der Waals surface area contributed by atoms with Crippen molar-refractivity contribution in [1.82, 2.24) is 0 Å². The molecule has 0 radical (unpaired) electrons. The Morgan fingerprint density at radius 2 is 1.52 bits per heavy atom. The molecule has 1 nitrogen and oxygen atoms in total. The second-order valence-corrected chi connectivity index (χ2v) is 6.15. The second-order valence-electron chi connectivity index (χ2n) is 6.15. The zero-order valence-corrected chi connectivity index (χ0v) is 12.4. The molecule has 2 aromatic rings. The minimum Gasteiger partial charge on any atom is -0.508 e. The van der Waals surface area contributed by atoms with Crippen molar-refractivity contribution in [2.45, 2.75) is 44.4 Å². The molecule has 0 saturated heterocycles. The quantitative estimate of drug-likeness (QED) is 0.814. The van der Waals surface area contributed by atoms with Gasteiger partial charge in [0.1, 0.15) is 11.6 Å². The number of aryl methyl sites for hydroxylation is 1. The van der Waals surface area contributed by atoms with Crippen molar-refractivity contribution < 1.29 is 9.50 Å². The fourth-order valence-corrected chi connectivity index (χ4v) is 3.62. The Balaban J connectivity index is 2.12. The van der Waals surface area contributed by atoms with Crippen molar-refractivity contribution in [2.75, 3.05) is 0 Å². The summed E-state index contributed by atoms with van der Waals surface area (Å²) >= 11 is 0. The molecule has 2 aromatic carbocycles. The fourth-order valence-electron chi connectivity index (χ4n) is 3.62. The molecule has 110 valence electrons. The summed E-state index contributed by atoms with van der Waals surface area (Å²) in [5.74, 6) is 0.149. The predicted molar refractivity (Wildman–Crippen MR) is 83.1 cm³/mol. The Kier molecular flexibility index (Phi) is 3.71. The Morgan fingerprint density at radius 1 is 0.905 bits per heavy atom. The Hall–Kier alpha value is -1.83. The fraction of sp³-hybridized carbons (Fsp3) is 0.368. The zero-order valence-electron chi connectivity index (χ0n) is 12.4. The molecule has 0 spiro atoms. The third-order valence-corrected chi connectivity index (χ3v) is 4.84. The first-order valence-electron chi connectivity index (χ1n) is 7.68. The first kappa shape index (κ1) is 14.1. The molecule has 1 saturated carbocycles. The molecule has 0 bridgehead atoms. The number of benzene rings is 2. The highest BCUT2D eigenvalue weighted by Crippen LogP contribution is 2.45. The number of aromatic hydroxyl groups is 1. The first-order valence-corrected chi connectivity index (χ1v) is 7.68. The molecule has 0 aliphatic heterocycles. The molecule has 21 heavy (non-hydrogen) atoms. The molecule has 0 unspecified atom stereocenters. The largest absolute Gasteiger partial charge is 0.508 e. The highest BCUT2D eigenvalue weighted by Gasteiger charge is 2.35. The smallest absolute Gasteiger partial charge is 0.126 e. The maximum atomic E-state index is 13.6. The minimum absolute atomic E-state index is 0.0373. The monoisotopic (exact) mass is 284 g/mol. The number of hydrogen-bond donors (Lipinski definition) is 1. The molecule has 3 rings (SSSR count). The van der Waals surface area contributed by atoms with Crippen LogP contribution >= 0.6 is 0 Å². The van der Waals surface area contributed by atoms with Crippen molar-refractivity contribution in [3.05, 3.63) is 65.0 Å². The van der Waals surface area contributed by atoms with Crippen LogP contribution in [0.3, 0.4) is 0 Å². The average molecular weight is 284 g/mol. The normalized spacial score (nSPS) is 17.6. The molecule has 1 N–H and O–H groups in total. The van der Waals surface area contributed by atoms with Gasteiger partial charge in [0.2, 0.25) is 0 Å². The van der Waals surface area contributed by atoms with Crippen LogP contribution in [0, 0.1) is 12.7 Å². The van der Waals surface area contributed by atoms with E-state index < -0.39 is 0 Å². The molecule has 1 fully saturated rings. The van der Waals surface area contributed by atoms with Crippen LogP contribution in [0.1, 0.15) is 48.8 Å². The number of rotatable bonds is 2. The van der Waals surface area contributed by atoms with Gasteiger partial charge in [-0.05, 0) is 54.7 Å². The maximum Gasteiger partial charge on any atom is 0.126 e. The number of phenolic OH excluding ortho intramolecular Hbond substituents is 1. The third-order valence-electron chi connectivity index (χ3n) is 4.84. The van der Waals surface area contributed by atoms with E-state index in [1.54, 1.807) is 18.2 Å². The van der Waals surface area contributed by atoms with Gasteiger partial charge in [0, 0.05) is 5.41 Å². The van der Waals surface area contributed by atoms with E-state index in [0.717, 1.165) is 12.8 Å². The van der Waals surface area contributed by atoms with Gasteiger partial charge < -0.3 is 5.11 Å². The van der Waals surface area contributed by atoms with Crippen LogP contribution in [-0.2, 0) is 5.41 Å². The molecule has 1 aliphatic carbocycles. The van der Waals surface area contributed by atoms with Gasteiger partial charge in [0.05, 0.1) is 0 Å². The van der Waals surface area contributed by atoms with Crippen LogP contribution < -0.4 is 0 Å². The lowest BCUT2D eigenvalue weighted by Crippen LogP contribution is -2.30. The number of phenols is 1. The maximum absolute atomic E-state index is 13.6. The van der Waals surface area contributed by atoms with Gasteiger partial charge in [-0.3, -0.25) is 0 Å². The van der Waals surface area contributed by atoms with Gasteiger partial charge in [-0.2, -0.15) is 0 Å². The minimum atomic E-state index is -0.143. The lowest BCUT2D eigenvalue weighted by atomic mass is 9.65. The first-order chi connectivity index (χ1) is 10.1. The van der Waals surface area contributed by atoms with Crippen molar-refractivity contribution >= 4 is 0 Å². The van der Waals surface area contributed by atoms with Gasteiger partial charge in [0.15, 0.2) is 0 Å². The molecule has 0 atom stereocenters. The van der Waals surface area contributed by atoms with Crippen LogP contribution in [0.25, 0.3) is 0 Å². The summed E-state index contributed by atoms with van der Waals surface area (Å²) in [7, 11) is 0. The summed E-state index contributed by atoms with van der Waals surface area (Å²) in [4.78, 5) is 0. The standard InChI is InChI=1S/C19H21FO/c1-14-13-16(7-10-18(14)20)19(11-3-2-4-12-19)15-5-8-17(21)9-6-15/h5-10,13,21H,2-4,11-12H2,1H3. The number of halogens is 1. The van der Waals surface area contributed by atoms with E-state index >= 15 is 0 Å². The molecule has 0 aromatic heterocycles. The van der Waals surface area contributed by atoms with E-state index in [0.29, 0.717) is 11.3 Å². The summed E-state index contributed by atoms with van der Waals surface area (Å²) in [6, 6.07) is 13.0. The SMILES string of the molecule is Cc1cc(C2(c3ccc(O)cc3)CCCCC2)ccc1F. The Morgan fingerprint density at radius 3 is 2.14 bits per heavy atom. The molecule has 2 heteroatoms. The van der Waals surface area contributed by atoms with Gasteiger partial charge in [-0.15, -0.1) is 0 Å². The van der Waals surface area contributed by atoms with E-state index in [9.17, 15) is 9.50 Å². The highest BCUT2D eigenvalue weighted by atomic mass is 19.1. The van der Waals surface area contributed by atoms with E-state index in [2.05, 4.69) is 0 Å². The van der Waals surface area contributed by atoms with Crippen LogP contribution in [-0.4, -0.2) is 5.11 Å². The van der Waals surface area contributed by atoms with E-state index in [-0.39, 0.29) is 11.2 Å². The summed E-state index contributed by atoms with van der Waals surface area (Å²) < 4.78 is 13.6. The van der Waals surface area contributed by atoms with Crippen LogP contribution in [0.2, 0.25) is 0 Å². The van der Waals surface area contributed by atoms with E-state index in [4.69, 9.17) is 0 Å². The second kappa shape index (κ2) is 5.51. The molecule has 0 heterocycles. The van der Waals surface area contributed by atoms with Crippen molar-refractivity contribution in [1.29, 1.82) is 0 Å². The van der Waals surface area contributed by atoms with Crippen LogP contribution in [0.15, 0.2) is 42.5 Å². The van der Waals surface area contributed by atoms with Crippen LogP contribution in [0.4, 0.5) is 4.39 Å². The topological polar surface area (TPSA) is 20.2 Å². The van der Waals surface area contributed by atoms with Gasteiger partial charge in [0.25, 0.3) is 0 Å². The summed E-state index contributed by atoms with van der Waals surface area (Å²) in [6.45, 7) is 1.83. The van der Waals surface area contributed by atoms with Gasteiger partial charge in [-0.1, -0.05) is 43.5 Å². The molecular weight excluding hydrogens is 263 g/mol. The van der Waals surface area contributed by atoms with Gasteiger partial charge >= 0.3 is 0 Å². The average Bonchev–Trinajstić information content (AvgIpc) is 2.51. The molecule has 0 amide bonds. The Labute approximate surface area is 125 Å². The summed E-state index contributed by atoms with van der Waals surface area (Å²) in [6.07, 6.45) is 5.82. The molecule has 1 aliphatic rings. The van der Waals surface area contributed by atoms with Crippen molar-refractivity contribution in [3.8, 4) is 5.75 Å². The lowest BCUT2D eigenvalue weighted by Gasteiger charge is -2.39. The lowest BCUT2D eigenvalue weighted by molar-refractivity contribution is 0.345. The van der Waals surface area contributed by atoms with E-state index in [1.165, 1.54) is 30.4 Å². The van der Waals surface area contributed by atoms with Crippen molar-refractivity contribution in [3.63, 3.8) is 0 Å². The molecular formula is C19H21FO. The third kappa shape index (κ3) is 2.55. The number of hydrogen-bond acceptors (Lipinski definition) is 1. The van der Waals surface area contributed by atoms with E-state index in [1.807, 2.05) is 31.2 Å². The Bertz CT molecular complexity index is 625. The van der Waals surface area contributed by atoms with Crippen LogP contribution in [0.5, 0.6) is 5.75 Å².